The maximum Gasteiger partial charge on any atom is 0.263 e. The molecule has 1 unspecified atom stereocenters. The lowest BCUT2D eigenvalue weighted by atomic mass is 9.93. The van der Waals surface area contributed by atoms with E-state index in [1.807, 2.05) is 0 Å². The summed E-state index contributed by atoms with van der Waals surface area (Å²) in [6.07, 6.45) is -2.61. The van der Waals surface area contributed by atoms with Gasteiger partial charge in [0.2, 0.25) is 11.8 Å². The summed E-state index contributed by atoms with van der Waals surface area (Å²) in [5, 5.41) is 2.63. The number of hydrogen-bond acceptors (Lipinski definition) is 4. The third kappa shape index (κ3) is 4.05. The monoisotopic (exact) mass is 467 g/mol. The first kappa shape index (κ1) is 23.2. The lowest BCUT2D eigenvalue weighted by molar-refractivity contribution is -0.122. The van der Waals surface area contributed by atoms with Crippen molar-refractivity contribution >= 4 is 23.2 Å². The molecule has 0 saturated carbocycles. The second kappa shape index (κ2) is 9.09. The van der Waals surface area contributed by atoms with Gasteiger partial charge in [0, 0.05) is 24.4 Å². The van der Waals surface area contributed by atoms with Crippen LogP contribution in [0.5, 0.6) is 5.88 Å². The van der Waals surface area contributed by atoms with Gasteiger partial charge < -0.3 is 15.0 Å². The third-order valence-corrected chi connectivity index (χ3v) is 5.95. The van der Waals surface area contributed by atoms with Gasteiger partial charge in [-0.15, -0.1) is 0 Å². The minimum atomic E-state index is -2.61. The second-order valence-corrected chi connectivity index (χ2v) is 8.02. The summed E-state index contributed by atoms with van der Waals surface area (Å²) in [6.45, 7) is 1.35. The van der Waals surface area contributed by atoms with Crippen molar-refractivity contribution in [2.45, 2.75) is 19.3 Å². The van der Waals surface area contributed by atoms with E-state index in [0.717, 1.165) is 0 Å². The van der Waals surface area contributed by atoms with Gasteiger partial charge in [-0.3, -0.25) is 19.0 Å². The number of anilines is 2. The van der Waals surface area contributed by atoms with Crippen molar-refractivity contribution in [3.8, 4) is 17.0 Å². The normalized spacial score (nSPS) is 14.9. The minimum Gasteiger partial charge on any atom is -0.482 e. The number of halogens is 2. The van der Waals surface area contributed by atoms with Crippen LogP contribution in [0.25, 0.3) is 11.1 Å². The zero-order chi connectivity index (χ0) is 24.6. The van der Waals surface area contributed by atoms with Crippen LogP contribution < -0.4 is 20.5 Å². The highest BCUT2D eigenvalue weighted by atomic mass is 19.3. The number of nitrogens with one attached hydrogen (secondary N) is 1. The molecule has 2 aromatic carbocycles. The summed E-state index contributed by atoms with van der Waals surface area (Å²) in [7, 11) is 2.98. The Balaban J connectivity index is 1.76. The average molecular weight is 467 g/mol. The molecule has 2 amide bonds. The Morgan fingerprint density at radius 3 is 2.44 bits per heavy atom. The average Bonchev–Trinajstić information content (AvgIpc) is 2.91. The van der Waals surface area contributed by atoms with Gasteiger partial charge >= 0.3 is 0 Å². The lowest BCUT2D eigenvalue weighted by Gasteiger charge is -2.25. The molecule has 0 radical (unpaired) electrons. The molecule has 0 aliphatic carbocycles. The van der Waals surface area contributed by atoms with Crippen LogP contribution in [0.2, 0.25) is 0 Å². The van der Waals surface area contributed by atoms with E-state index in [-0.39, 0.29) is 35.1 Å². The first-order chi connectivity index (χ1) is 16.2. The van der Waals surface area contributed by atoms with Crippen molar-refractivity contribution in [3.05, 3.63) is 76.1 Å². The predicted molar refractivity (Wildman–Crippen MR) is 124 cm³/mol. The van der Waals surface area contributed by atoms with Gasteiger partial charge in [0.15, 0.2) is 5.88 Å². The van der Waals surface area contributed by atoms with E-state index in [2.05, 4.69) is 5.32 Å². The van der Waals surface area contributed by atoms with Crippen LogP contribution in [0.3, 0.4) is 0 Å². The van der Waals surface area contributed by atoms with E-state index in [9.17, 15) is 23.2 Å². The molecular formula is C25H23F2N3O4. The lowest BCUT2D eigenvalue weighted by Crippen LogP contribution is -2.40. The van der Waals surface area contributed by atoms with Crippen LogP contribution in [0.4, 0.5) is 20.2 Å². The maximum absolute atomic E-state index is 13.5. The Kier molecular flexibility index (Phi) is 6.19. The summed E-state index contributed by atoms with van der Waals surface area (Å²) >= 11 is 0. The second-order valence-electron chi connectivity index (χ2n) is 8.02. The van der Waals surface area contributed by atoms with Crippen LogP contribution >= 0.6 is 0 Å². The summed E-state index contributed by atoms with van der Waals surface area (Å²) in [5.74, 6) is -1.28. The van der Waals surface area contributed by atoms with Crippen molar-refractivity contribution in [1.82, 2.24) is 4.57 Å². The number of benzene rings is 2. The Morgan fingerprint density at radius 2 is 1.79 bits per heavy atom. The topological polar surface area (TPSA) is 80.6 Å². The molecule has 2 heterocycles. The van der Waals surface area contributed by atoms with E-state index in [0.29, 0.717) is 22.4 Å². The number of nitrogens with zero attached hydrogens (tertiary/aromatic N) is 2. The number of aromatic nitrogens is 1. The zero-order valence-corrected chi connectivity index (χ0v) is 18.8. The molecule has 1 aromatic heterocycles. The molecule has 0 fully saturated rings. The molecule has 4 rings (SSSR count). The minimum absolute atomic E-state index is 0.163. The van der Waals surface area contributed by atoms with E-state index in [4.69, 9.17) is 4.74 Å². The molecule has 34 heavy (non-hydrogen) atoms. The first-order valence-corrected chi connectivity index (χ1v) is 10.6. The maximum atomic E-state index is 13.5. The van der Waals surface area contributed by atoms with Crippen LogP contribution in [-0.4, -0.2) is 30.0 Å². The standard InChI is InChI=1S/C25H23F2N3O4/c1-14-17-6-4-5-7-18(17)22-19(12-21(34-3)29(2)25(22)33)30(24(14)32)13-20(31)28-16-10-8-15(9-11-16)23(26)27/h4-12,14,23H,13H2,1-3H3,(H,28,31). The van der Waals surface area contributed by atoms with Crippen molar-refractivity contribution in [1.29, 1.82) is 0 Å². The summed E-state index contributed by atoms with van der Waals surface area (Å²) in [5.41, 5.74) is 1.65. The van der Waals surface area contributed by atoms with Crippen LogP contribution in [0.15, 0.2) is 59.4 Å². The Hall–Kier alpha value is -4.01. The van der Waals surface area contributed by atoms with E-state index in [1.165, 1.54) is 40.8 Å². The molecule has 3 aromatic rings. The fourth-order valence-electron chi connectivity index (χ4n) is 4.13. The Morgan fingerprint density at radius 1 is 1.12 bits per heavy atom. The number of ether oxygens (including phenoxy) is 1. The van der Waals surface area contributed by atoms with Gasteiger partial charge in [-0.1, -0.05) is 36.4 Å². The molecule has 1 aliphatic rings. The molecule has 0 saturated heterocycles. The highest BCUT2D eigenvalue weighted by molar-refractivity contribution is 6.09. The quantitative estimate of drug-likeness (QED) is 0.613. The van der Waals surface area contributed by atoms with E-state index < -0.39 is 18.3 Å². The molecule has 1 N–H and O–H groups in total. The van der Waals surface area contributed by atoms with Crippen molar-refractivity contribution in [3.63, 3.8) is 0 Å². The smallest absolute Gasteiger partial charge is 0.263 e. The number of pyridine rings is 1. The van der Waals surface area contributed by atoms with Crippen LogP contribution in [0.1, 0.15) is 30.4 Å². The molecular weight excluding hydrogens is 444 g/mol. The molecule has 0 spiro atoms. The highest BCUT2D eigenvalue weighted by Gasteiger charge is 2.34. The van der Waals surface area contributed by atoms with Crippen LogP contribution in [0, 0.1) is 0 Å². The fraction of sp³-hybridized carbons (Fsp3) is 0.240. The number of methoxy groups -OCH3 is 1. The number of alkyl halides is 2. The van der Waals surface area contributed by atoms with Gasteiger partial charge in [-0.25, -0.2) is 8.78 Å². The first-order valence-electron chi connectivity index (χ1n) is 10.6. The number of carbonyl (C=O) groups excluding carboxylic acids is 2. The number of rotatable bonds is 5. The van der Waals surface area contributed by atoms with Crippen LogP contribution in [-0.2, 0) is 16.6 Å². The highest BCUT2D eigenvalue weighted by Crippen LogP contribution is 2.40. The van der Waals surface area contributed by atoms with Gasteiger partial charge in [0.1, 0.15) is 6.54 Å². The number of hydrogen-bond donors (Lipinski definition) is 1. The number of amides is 2. The fourth-order valence-corrected chi connectivity index (χ4v) is 4.13. The molecule has 1 aliphatic heterocycles. The van der Waals surface area contributed by atoms with E-state index >= 15 is 0 Å². The molecule has 0 bridgehead atoms. The Bertz CT molecular complexity index is 1320. The van der Waals surface area contributed by atoms with Crippen molar-refractivity contribution < 1.29 is 23.1 Å². The summed E-state index contributed by atoms with van der Waals surface area (Å²) < 4.78 is 32.3. The van der Waals surface area contributed by atoms with Gasteiger partial charge in [-0.2, -0.15) is 0 Å². The van der Waals surface area contributed by atoms with Gasteiger partial charge in [0.25, 0.3) is 12.0 Å². The molecule has 7 nitrogen and oxygen atoms in total. The molecule has 1 atom stereocenters. The third-order valence-electron chi connectivity index (χ3n) is 5.95. The molecule has 176 valence electrons. The summed E-state index contributed by atoms with van der Waals surface area (Å²) in [4.78, 5) is 41.0. The molecule has 9 heteroatoms. The Labute approximate surface area is 194 Å². The number of fused-ring (bicyclic) bond motifs is 3. The van der Waals surface area contributed by atoms with E-state index in [1.54, 1.807) is 44.3 Å². The SMILES string of the molecule is COc1cc2c(c(=O)n1C)-c1ccccc1C(C)C(=O)N2CC(=O)Nc1ccc(C(F)F)cc1. The summed E-state index contributed by atoms with van der Waals surface area (Å²) in [6, 6.07) is 13.9. The van der Waals surface area contributed by atoms with Crippen molar-refractivity contribution in [2.24, 2.45) is 7.05 Å². The zero-order valence-electron chi connectivity index (χ0n) is 18.8. The largest absolute Gasteiger partial charge is 0.482 e. The van der Waals surface area contributed by atoms with Crippen molar-refractivity contribution in [2.75, 3.05) is 23.9 Å². The van der Waals surface area contributed by atoms with Gasteiger partial charge in [-0.05, 0) is 30.2 Å². The predicted octanol–water partition coefficient (Wildman–Crippen LogP) is 4.09. The van der Waals surface area contributed by atoms with Gasteiger partial charge in [0.05, 0.1) is 24.3 Å². The number of carbonyl (C=O) groups is 2.